The van der Waals surface area contributed by atoms with E-state index in [4.69, 9.17) is 0 Å². The lowest BCUT2D eigenvalue weighted by Gasteiger charge is -2.14. The Balaban J connectivity index is 1.72. The molecule has 3 rings (SSSR count). The quantitative estimate of drug-likeness (QED) is 0.934. The molecule has 20 heavy (non-hydrogen) atoms. The minimum atomic E-state index is -0.285. The van der Waals surface area contributed by atoms with Gasteiger partial charge in [-0.25, -0.2) is 0 Å². The summed E-state index contributed by atoms with van der Waals surface area (Å²) in [5.41, 5.74) is 1.33. The Morgan fingerprint density at radius 1 is 1.45 bits per heavy atom. The highest BCUT2D eigenvalue weighted by molar-refractivity contribution is 7.08. The molecule has 2 aromatic rings. The van der Waals surface area contributed by atoms with Crippen LogP contribution in [0.3, 0.4) is 0 Å². The summed E-state index contributed by atoms with van der Waals surface area (Å²) in [4.78, 5) is 24.0. The first-order chi connectivity index (χ1) is 9.62. The number of nitrogens with zero attached hydrogens (tertiary/aromatic N) is 1. The fourth-order valence-electron chi connectivity index (χ4n) is 2.40. The van der Waals surface area contributed by atoms with Crippen molar-refractivity contribution < 1.29 is 4.79 Å². The Hall–Kier alpha value is -1.88. The third-order valence-corrected chi connectivity index (χ3v) is 4.63. The van der Waals surface area contributed by atoms with Crippen molar-refractivity contribution in [1.82, 2.24) is 9.88 Å². The van der Waals surface area contributed by atoms with Gasteiger partial charge in [0.25, 0.3) is 11.5 Å². The van der Waals surface area contributed by atoms with Gasteiger partial charge in [0.1, 0.15) is 5.56 Å². The van der Waals surface area contributed by atoms with Gasteiger partial charge in [-0.05, 0) is 47.4 Å². The largest absolute Gasteiger partial charge is 0.351 e. The SMILES string of the molecule is Cn1cccc(C(=O)NCC2(c3ccsc3)CC2)c1=O. The van der Waals surface area contributed by atoms with Crippen LogP contribution in [0.25, 0.3) is 0 Å². The zero-order chi connectivity index (χ0) is 14.2. The summed E-state index contributed by atoms with van der Waals surface area (Å²) in [5.74, 6) is -0.285. The number of thiophene rings is 1. The van der Waals surface area contributed by atoms with Gasteiger partial charge in [0.2, 0.25) is 0 Å². The monoisotopic (exact) mass is 288 g/mol. The third-order valence-electron chi connectivity index (χ3n) is 3.94. The van der Waals surface area contributed by atoms with Crippen molar-refractivity contribution in [2.45, 2.75) is 18.3 Å². The normalized spacial score (nSPS) is 15.8. The van der Waals surface area contributed by atoms with Crippen molar-refractivity contribution >= 4 is 17.2 Å². The van der Waals surface area contributed by atoms with Crippen molar-refractivity contribution in [3.63, 3.8) is 0 Å². The minimum absolute atomic E-state index is 0.0929. The molecular formula is C15H16N2O2S. The van der Waals surface area contributed by atoms with E-state index in [9.17, 15) is 9.59 Å². The summed E-state index contributed by atoms with van der Waals surface area (Å²) < 4.78 is 1.42. The van der Waals surface area contributed by atoms with E-state index in [1.54, 1.807) is 36.7 Å². The molecule has 0 radical (unpaired) electrons. The molecule has 2 heterocycles. The molecule has 1 aliphatic rings. The second-order valence-corrected chi connectivity index (χ2v) is 6.09. The molecule has 0 unspecified atom stereocenters. The van der Waals surface area contributed by atoms with E-state index in [0.29, 0.717) is 6.54 Å². The number of hydrogen-bond donors (Lipinski definition) is 1. The second kappa shape index (κ2) is 4.90. The van der Waals surface area contributed by atoms with Crippen LogP contribution in [0.5, 0.6) is 0 Å². The zero-order valence-corrected chi connectivity index (χ0v) is 12.1. The molecule has 0 bridgehead atoms. The molecule has 104 valence electrons. The number of rotatable bonds is 4. The summed E-state index contributed by atoms with van der Waals surface area (Å²) in [6.07, 6.45) is 3.83. The van der Waals surface area contributed by atoms with Gasteiger partial charge in [0.05, 0.1) is 0 Å². The van der Waals surface area contributed by atoms with Crippen molar-refractivity contribution in [2.75, 3.05) is 6.54 Å². The van der Waals surface area contributed by atoms with Gasteiger partial charge >= 0.3 is 0 Å². The lowest BCUT2D eigenvalue weighted by Crippen LogP contribution is -2.36. The number of hydrogen-bond acceptors (Lipinski definition) is 3. The Morgan fingerprint density at radius 3 is 2.90 bits per heavy atom. The number of amides is 1. The zero-order valence-electron chi connectivity index (χ0n) is 11.3. The first-order valence-corrected chi connectivity index (χ1v) is 7.53. The Bertz CT molecular complexity index is 684. The van der Waals surface area contributed by atoms with Gasteiger partial charge in [0, 0.05) is 25.2 Å². The molecule has 1 amide bonds. The molecule has 1 aliphatic carbocycles. The maximum Gasteiger partial charge on any atom is 0.263 e. The smallest absolute Gasteiger partial charge is 0.263 e. The van der Waals surface area contributed by atoms with E-state index in [1.807, 2.05) is 0 Å². The van der Waals surface area contributed by atoms with Gasteiger partial charge in [0.15, 0.2) is 0 Å². The first kappa shape index (κ1) is 13.1. The molecule has 4 nitrogen and oxygen atoms in total. The molecule has 0 spiro atoms. The highest BCUT2D eigenvalue weighted by Crippen LogP contribution is 2.48. The lowest BCUT2D eigenvalue weighted by molar-refractivity contribution is 0.0947. The van der Waals surface area contributed by atoms with Crippen LogP contribution < -0.4 is 10.9 Å². The first-order valence-electron chi connectivity index (χ1n) is 6.59. The molecule has 5 heteroatoms. The summed E-state index contributed by atoms with van der Waals surface area (Å²) in [5, 5.41) is 7.11. The highest BCUT2D eigenvalue weighted by atomic mass is 32.1. The van der Waals surface area contributed by atoms with Crippen LogP contribution in [-0.2, 0) is 12.5 Å². The fraction of sp³-hybridized carbons (Fsp3) is 0.333. The van der Waals surface area contributed by atoms with E-state index in [1.165, 1.54) is 10.1 Å². The van der Waals surface area contributed by atoms with Gasteiger partial charge < -0.3 is 9.88 Å². The maximum absolute atomic E-state index is 12.1. The molecule has 0 aliphatic heterocycles. The summed E-state index contributed by atoms with van der Waals surface area (Å²) in [6, 6.07) is 5.40. The average molecular weight is 288 g/mol. The third kappa shape index (κ3) is 2.29. The van der Waals surface area contributed by atoms with E-state index >= 15 is 0 Å². The van der Waals surface area contributed by atoms with Crippen LogP contribution in [0.2, 0.25) is 0 Å². The predicted octanol–water partition coefficient (Wildman–Crippen LogP) is 1.91. The molecule has 0 saturated heterocycles. The van der Waals surface area contributed by atoms with Crippen LogP contribution in [-0.4, -0.2) is 17.0 Å². The van der Waals surface area contributed by atoms with E-state index in [-0.39, 0.29) is 22.4 Å². The predicted molar refractivity (Wildman–Crippen MR) is 79.2 cm³/mol. The van der Waals surface area contributed by atoms with E-state index in [0.717, 1.165) is 12.8 Å². The van der Waals surface area contributed by atoms with Crippen LogP contribution in [0, 0.1) is 0 Å². The summed E-state index contributed by atoms with van der Waals surface area (Å²) >= 11 is 1.68. The number of carbonyl (C=O) groups is 1. The van der Waals surface area contributed by atoms with Crippen LogP contribution in [0.1, 0.15) is 28.8 Å². The summed E-state index contributed by atoms with van der Waals surface area (Å²) in [7, 11) is 1.65. The maximum atomic E-state index is 12.1. The molecular weight excluding hydrogens is 272 g/mol. The topological polar surface area (TPSA) is 51.1 Å². The Kier molecular flexibility index (Phi) is 3.22. The standard InChI is InChI=1S/C15H16N2O2S/c1-17-7-2-3-12(14(17)19)13(18)16-10-15(5-6-15)11-4-8-20-9-11/h2-4,7-9H,5-6,10H2,1H3,(H,16,18). The summed E-state index contributed by atoms with van der Waals surface area (Å²) in [6.45, 7) is 0.598. The molecule has 0 aromatic carbocycles. The lowest BCUT2D eigenvalue weighted by atomic mass is 9.99. The molecule has 1 saturated carbocycles. The number of nitrogens with one attached hydrogen (secondary N) is 1. The van der Waals surface area contributed by atoms with Crippen LogP contribution >= 0.6 is 11.3 Å². The van der Waals surface area contributed by atoms with Crippen LogP contribution in [0.15, 0.2) is 40.0 Å². The van der Waals surface area contributed by atoms with Crippen LogP contribution in [0.4, 0.5) is 0 Å². The van der Waals surface area contributed by atoms with Gasteiger partial charge in [-0.1, -0.05) is 0 Å². The Labute approximate surface area is 121 Å². The van der Waals surface area contributed by atoms with E-state index in [2.05, 4.69) is 22.1 Å². The molecule has 2 aromatic heterocycles. The average Bonchev–Trinajstić information content (AvgIpc) is 3.02. The van der Waals surface area contributed by atoms with Gasteiger partial charge in [-0.2, -0.15) is 11.3 Å². The van der Waals surface area contributed by atoms with E-state index < -0.39 is 0 Å². The number of aromatic nitrogens is 1. The molecule has 1 N–H and O–H groups in total. The van der Waals surface area contributed by atoms with Gasteiger partial charge in [-0.15, -0.1) is 0 Å². The van der Waals surface area contributed by atoms with Gasteiger partial charge in [-0.3, -0.25) is 9.59 Å². The number of pyridine rings is 1. The van der Waals surface area contributed by atoms with Crippen molar-refractivity contribution in [3.8, 4) is 0 Å². The van der Waals surface area contributed by atoms with Crippen molar-refractivity contribution in [1.29, 1.82) is 0 Å². The number of aryl methyl sites for hydroxylation is 1. The number of carbonyl (C=O) groups excluding carboxylic acids is 1. The minimum Gasteiger partial charge on any atom is -0.351 e. The fourth-order valence-corrected chi connectivity index (χ4v) is 3.18. The second-order valence-electron chi connectivity index (χ2n) is 5.31. The van der Waals surface area contributed by atoms with Crippen molar-refractivity contribution in [3.05, 3.63) is 56.6 Å². The molecule has 1 fully saturated rings. The highest BCUT2D eigenvalue weighted by Gasteiger charge is 2.44. The Morgan fingerprint density at radius 2 is 2.25 bits per heavy atom. The molecule has 0 atom stereocenters. The van der Waals surface area contributed by atoms with Crippen molar-refractivity contribution in [2.24, 2.45) is 7.05 Å².